The highest BCUT2D eigenvalue weighted by molar-refractivity contribution is 14.1. The van der Waals surface area contributed by atoms with Crippen molar-refractivity contribution in [3.8, 4) is 0 Å². The minimum absolute atomic E-state index is 0.796. The van der Waals surface area contributed by atoms with Gasteiger partial charge in [0.15, 0.2) is 0 Å². The summed E-state index contributed by atoms with van der Waals surface area (Å²) in [6.45, 7) is 0.856. The molecule has 1 aromatic carbocycles. The fourth-order valence-corrected chi connectivity index (χ4v) is 2.49. The van der Waals surface area contributed by atoms with Crippen molar-refractivity contribution in [2.45, 2.75) is 6.42 Å². The van der Waals surface area contributed by atoms with Gasteiger partial charge >= 0.3 is 0 Å². The SMILES string of the molecule is Nc1cc(I)ccc1NCCc1cscn1. The second kappa shape index (κ2) is 5.49. The van der Waals surface area contributed by atoms with Gasteiger partial charge < -0.3 is 11.1 Å². The van der Waals surface area contributed by atoms with Gasteiger partial charge in [-0.1, -0.05) is 0 Å². The Morgan fingerprint density at radius 1 is 1.44 bits per heavy atom. The van der Waals surface area contributed by atoms with Gasteiger partial charge in [0.2, 0.25) is 0 Å². The molecule has 0 aliphatic rings. The highest BCUT2D eigenvalue weighted by Crippen LogP contribution is 2.20. The fourth-order valence-electron chi connectivity index (χ4n) is 1.38. The number of nitrogens with one attached hydrogen (secondary N) is 1. The van der Waals surface area contributed by atoms with Crippen LogP contribution in [0.25, 0.3) is 0 Å². The number of hydrogen-bond acceptors (Lipinski definition) is 4. The highest BCUT2D eigenvalue weighted by atomic mass is 127. The second-order valence-corrected chi connectivity index (χ2v) is 5.35. The van der Waals surface area contributed by atoms with Crippen molar-refractivity contribution >= 4 is 45.3 Å². The van der Waals surface area contributed by atoms with Gasteiger partial charge in [0.1, 0.15) is 0 Å². The molecule has 0 atom stereocenters. The lowest BCUT2D eigenvalue weighted by molar-refractivity contribution is 0.978. The summed E-state index contributed by atoms with van der Waals surface area (Å²) >= 11 is 3.88. The smallest absolute Gasteiger partial charge is 0.0794 e. The predicted molar refractivity (Wildman–Crippen MR) is 77.9 cm³/mol. The number of anilines is 2. The number of thiazole rings is 1. The Kier molecular flexibility index (Phi) is 4.00. The first kappa shape index (κ1) is 11.7. The van der Waals surface area contributed by atoms with Crippen LogP contribution in [0.4, 0.5) is 11.4 Å². The van der Waals surface area contributed by atoms with Gasteiger partial charge in [0.25, 0.3) is 0 Å². The first-order valence-electron chi connectivity index (χ1n) is 4.91. The molecular weight excluding hydrogens is 333 g/mol. The lowest BCUT2D eigenvalue weighted by Crippen LogP contribution is -2.07. The number of halogens is 1. The van der Waals surface area contributed by atoms with Crippen LogP contribution in [0.5, 0.6) is 0 Å². The number of aromatic nitrogens is 1. The summed E-state index contributed by atoms with van der Waals surface area (Å²) in [5.74, 6) is 0. The van der Waals surface area contributed by atoms with Gasteiger partial charge in [0, 0.05) is 21.9 Å². The largest absolute Gasteiger partial charge is 0.397 e. The molecule has 1 aromatic heterocycles. The zero-order valence-corrected chi connectivity index (χ0v) is 11.6. The first-order valence-corrected chi connectivity index (χ1v) is 6.94. The highest BCUT2D eigenvalue weighted by Gasteiger charge is 1.99. The molecule has 5 heteroatoms. The standard InChI is InChI=1S/C11H12IN3S/c12-8-1-2-11(10(13)5-8)14-4-3-9-6-16-7-15-9/h1-2,5-7,14H,3-4,13H2. The van der Waals surface area contributed by atoms with Crippen molar-refractivity contribution in [1.29, 1.82) is 0 Å². The molecule has 3 nitrogen and oxygen atoms in total. The number of rotatable bonds is 4. The van der Waals surface area contributed by atoms with Crippen LogP contribution < -0.4 is 11.1 Å². The second-order valence-electron chi connectivity index (χ2n) is 3.39. The summed E-state index contributed by atoms with van der Waals surface area (Å²) in [5, 5.41) is 5.38. The third-order valence-corrected chi connectivity index (χ3v) is 3.50. The molecule has 16 heavy (non-hydrogen) atoms. The summed E-state index contributed by atoms with van der Waals surface area (Å²) in [4.78, 5) is 4.23. The normalized spacial score (nSPS) is 10.3. The van der Waals surface area contributed by atoms with Crippen molar-refractivity contribution in [2.24, 2.45) is 0 Å². The summed E-state index contributed by atoms with van der Waals surface area (Å²) < 4.78 is 1.15. The van der Waals surface area contributed by atoms with Crippen molar-refractivity contribution in [2.75, 3.05) is 17.6 Å². The van der Waals surface area contributed by atoms with Gasteiger partial charge in [-0.3, -0.25) is 0 Å². The quantitative estimate of drug-likeness (QED) is 0.662. The molecule has 0 spiro atoms. The van der Waals surface area contributed by atoms with E-state index in [0.29, 0.717) is 0 Å². The van der Waals surface area contributed by atoms with E-state index in [1.165, 1.54) is 0 Å². The van der Waals surface area contributed by atoms with Gasteiger partial charge in [-0.15, -0.1) is 11.3 Å². The molecule has 0 unspecified atom stereocenters. The zero-order valence-electron chi connectivity index (χ0n) is 8.61. The van der Waals surface area contributed by atoms with E-state index in [0.717, 1.165) is 33.6 Å². The van der Waals surface area contributed by atoms with Crippen LogP contribution in [0, 0.1) is 3.57 Å². The molecule has 0 saturated carbocycles. The minimum Gasteiger partial charge on any atom is -0.397 e. The van der Waals surface area contributed by atoms with Crippen LogP contribution >= 0.6 is 33.9 Å². The van der Waals surface area contributed by atoms with E-state index in [9.17, 15) is 0 Å². The molecule has 0 bridgehead atoms. The molecule has 3 N–H and O–H groups in total. The van der Waals surface area contributed by atoms with Crippen LogP contribution in [0.15, 0.2) is 29.1 Å². The Balaban J connectivity index is 1.90. The lowest BCUT2D eigenvalue weighted by atomic mass is 10.2. The predicted octanol–water partition coefficient (Wildman–Crippen LogP) is 2.98. The summed E-state index contributed by atoms with van der Waals surface area (Å²) in [5.41, 5.74) is 10.7. The molecule has 0 amide bonds. The molecule has 0 aliphatic heterocycles. The van der Waals surface area contributed by atoms with Gasteiger partial charge in [0.05, 0.1) is 22.6 Å². The Morgan fingerprint density at radius 3 is 3.00 bits per heavy atom. The third kappa shape index (κ3) is 3.08. The van der Waals surface area contributed by atoms with Crippen molar-refractivity contribution in [3.63, 3.8) is 0 Å². The number of nitrogens with two attached hydrogens (primary N) is 1. The van der Waals surface area contributed by atoms with E-state index >= 15 is 0 Å². The van der Waals surface area contributed by atoms with E-state index in [-0.39, 0.29) is 0 Å². The van der Waals surface area contributed by atoms with Crippen LogP contribution in [0.3, 0.4) is 0 Å². The Hall–Kier alpha value is -0.820. The Bertz CT molecular complexity index is 456. The first-order chi connectivity index (χ1) is 7.75. The summed E-state index contributed by atoms with van der Waals surface area (Å²) in [6.07, 6.45) is 0.926. The number of nitrogen functional groups attached to an aromatic ring is 1. The molecule has 0 saturated heterocycles. The number of hydrogen-bond donors (Lipinski definition) is 2. The van der Waals surface area contributed by atoms with Crippen LogP contribution in [-0.2, 0) is 6.42 Å². The maximum atomic E-state index is 5.90. The monoisotopic (exact) mass is 345 g/mol. The molecule has 2 rings (SSSR count). The molecule has 0 aliphatic carbocycles. The fraction of sp³-hybridized carbons (Fsp3) is 0.182. The van der Waals surface area contributed by atoms with Crippen LogP contribution in [0.2, 0.25) is 0 Å². The zero-order chi connectivity index (χ0) is 11.4. The average molecular weight is 345 g/mol. The summed E-state index contributed by atoms with van der Waals surface area (Å²) in [7, 11) is 0. The lowest BCUT2D eigenvalue weighted by Gasteiger charge is -2.08. The van der Waals surface area contributed by atoms with E-state index in [2.05, 4.69) is 38.3 Å². The maximum Gasteiger partial charge on any atom is 0.0794 e. The van der Waals surface area contributed by atoms with Gasteiger partial charge in [-0.25, -0.2) is 4.98 Å². The Labute approximate surface area is 112 Å². The van der Waals surface area contributed by atoms with E-state index < -0.39 is 0 Å². The topological polar surface area (TPSA) is 50.9 Å². The van der Waals surface area contributed by atoms with Crippen LogP contribution in [-0.4, -0.2) is 11.5 Å². The summed E-state index contributed by atoms with van der Waals surface area (Å²) in [6, 6.07) is 6.02. The van der Waals surface area contributed by atoms with Gasteiger partial charge in [-0.05, 0) is 40.8 Å². The number of nitrogens with zero attached hydrogens (tertiary/aromatic N) is 1. The van der Waals surface area contributed by atoms with Crippen LogP contribution in [0.1, 0.15) is 5.69 Å². The number of benzene rings is 1. The molecule has 84 valence electrons. The molecule has 0 radical (unpaired) electrons. The van der Waals surface area contributed by atoms with Crippen molar-refractivity contribution in [1.82, 2.24) is 4.98 Å². The van der Waals surface area contributed by atoms with E-state index in [4.69, 9.17) is 5.73 Å². The van der Waals surface area contributed by atoms with Crippen molar-refractivity contribution < 1.29 is 0 Å². The molecule has 1 heterocycles. The van der Waals surface area contributed by atoms with Gasteiger partial charge in [-0.2, -0.15) is 0 Å². The third-order valence-electron chi connectivity index (χ3n) is 2.19. The Morgan fingerprint density at radius 2 is 2.31 bits per heavy atom. The van der Waals surface area contributed by atoms with E-state index in [1.807, 2.05) is 23.7 Å². The molecule has 2 aromatic rings. The average Bonchev–Trinajstić information content (AvgIpc) is 2.74. The maximum absolute atomic E-state index is 5.90. The molecular formula is C11H12IN3S. The minimum atomic E-state index is 0.796. The van der Waals surface area contributed by atoms with Crippen molar-refractivity contribution in [3.05, 3.63) is 38.4 Å². The van der Waals surface area contributed by atoms with E-state index in [1.54, 1.807) is 11.3 Å². The molecule has 0 fully saturated rings.